The fourth-order valence-electron chi connectivity index (χ4n) is 3.93. The Bertz CT molecular complexity index is 1030. The molecule has 0 fully saturated rings. The van der Waals surface area contributed by atoms with Crippen LogP contribution >= 0.6 is 12.4 Å². The van der Waals surface area contributed by atoms with Crippen molar-refractivity contribution in [2.24, 2.45) is 0 Å². The van der Waals surface area contributed by atoms with Gasteiger partial charge in [0.15, 0.2) is 23.0 Å². The normalized spacial score (nSPS) is 14.6. The van der Waals surface area contributed by atoms with E-state index in [1.54, 1.807) is 6.07 Å². The second-order valence-corrected chi connectivity index (χ2v) is 7.07. The number of rotatable bonds is 7. The smallest absolute Gasteiger partial charge is 0.163 e. The summed E-state index contributed by atoms with van der Waals surface area (Å²) in [5.41, 5.74) is 4.33. The lowest BCUT2D eigenvalue weighted by atomic mass is 10.0. The summed E-state index contributed by atoms with van der Waals surface area (Å²) in [6, 6.07) is 13.7. The van der Waals surface area contributed by atoms with Gasteiger partial charge in [0.25, 0.3) is 0 Å². The third-order valence-corrected chi connectivity index (χ3v) is 5.19. The minimum absolute atomic E-state index is 0. The van der Waals surface area contributed by atoms with Crippen LogP contribution in [0, 0.1) is 0 Å². The molecule has 2 heterocycles. The maximum atomic E-state index is 10.1. The van der Waals surface area contributed by atoms with Gasteiger partial charge in [-0.2, -0.15) is 0 Å². The van der Waals surface area contributed by atoms with Crippen molar-refractivity contribution in [3.8, 4) is 28.7 Å². The first-order chi connectivity index (χ1) is 14.7. The molecule has 0 radical (unpaired) electrons. The minimum atomic E-state index is -0.0571. The average Bonchev–Trinajstić information content (AvgIpc) is 3.16. The van der Waals surface area contributed by atoms with Crippen molar-refractivity contribution in [3.63, 3.8) is 0 Å². The molecule has 2 aromatic carbocycles. The van der Waals surface area contributed by atoms with Crippen molar-refractivity contribution in [2.75, 3.05) is 19.8 Å². The van der Waals surface area contributed by atoms with E-state index in [4.69, 9.17) is 14.2 Å². The average molecular weight is 445 g/mol. The van der Waals surface area contributed by atoms with Crippen LogP contribution in [0.1, 0.15) is 43.6 Å². The van der Waals surface area contributed by atoms with Gasteiger partial charge in [-0.15, -0.1) is 12.4 Å². The van der Waals surface area contributed by atoms with Gasteiger partial charge in [-0.1, -0.05) is 6.07 Å². The Morgan fingerprint density at radius 1 is 0.935 bits per heavy atom. The molecule has 0 bridgehead atoms. The van der Waals surface area contributed by atoms with E-state index < -0.39 is 0 Å². The van der Waals surface area contributed by atoms with Gasteiger partial charge < -0.3 is 29.2 Å². The van der Waals surface area contributed by atoms with Crippen molar-refractivity contribution >= 4 is 12.4 Å². The number of hydrogen-bond acceptors (Lipinski definition) is 5. The molecule has 1 atom stereocenters. The fraction of sp³-hybridized carbons (Fsp3) is 0.333. The van der Waals surface area contributed by atoms with Crippen molar-refractivity contribution in [1.29, 1.82) is 0 Å². The van der Waals surface area contributed by atoms with E-state index >= 15 is 0 Å². The molecule has 0 spiro atoms. The molecule has 1 aliphatic rings. The van der Waals surface area contributed by atoms with E-state index in [0.717, 1.165) is 34.0 Å². The highest BCUT2D eigenvalue weighted by atomic mass is 35.5. The molecule has 1 aliphatic heterocycles. The highest BCUT2D eigenvalue weighted by molar-refractivity contribution is 5.85. The van der Waals surface area contributed by atoms with Crippen LogP contribution in [0.3, 0.4) is 0 Å². The Kier molecular flexibility index (Phi) is 7.36. The van der Waals surface area contributed by atoms with Crippen LogP contribution < -0.4 is 19.5 Å². The van der Waals surface area contributed by atoms with Gasteiger partial charge in [-0.3, -0.25) is 0 Å². The first-order valence-electron chi connectivity index (χ1n) is 10.4. The number of aromatic hydroxyl groups is 1. The Labute approximate surface area is 189 Å². The van der Waals surface area contributed by atoms with Crippen LogP contribution in [0.2, 0.25) is 0 Å². The van der Waals surface area contributed by atoms with Gasteiger partial charge in [0.2, 0.25) is 0 Å². The summed E-state index contributed by atoms with van der Waals surface area (Å²) >= 11 is 0. The SMILES string of the molecule is CCOc1cc(C2NCc3cc(OCC)c(OCC)cc3-n3cccc32)ccc1O.Cl. The number of halogens is 1. The number of phenols is 1. The predicted octanol–water partition coefficient (Wildman–Crippen LogP) is 4.99. The highest BCUT2D eigenvalue weighted by Gasteiger charge is 2.25. The number of ether oxygens (including phenoxy) is 3. The Balaban J connectivity index is 0.00000272. The van der Waals surface area contributed by atoms with E-state index in [-0.39, 0.29) is 24.2 Å². The zero-order chi connectivity index (χ0) is 21.1. The lowest BCUT2D eigenvalue weighted by Crippen LogP contribution is -2.21. The number of aromatic nitrogens is 1. The summed E-state index contributed by atoms with van der Waals surface area (Å²) < 4.78 is 19.5. The van der Waals surface area contributed by atoms with Crippen molar-refractivity contribution in [3.05, 3.63) is 65.5 Å². The van der Waals surface area contributed by atoms with Crippen molar-refractivity contribution in [1.82, 2.24) is 9.88 Å². The first kappa shape index (κ1) is 22.8. The summed E-state index contributed by atoms with van der Waals surface area (Å²) in [5, 5.41) is 13.8. The van der Waals surface area contributed by atoms with Crippen LogP contribution in [-0.4, -0.2) is 29.5 Å². The van der Waals surface area contributed by atoms with Gasteiger partial charge in [-0.25, -0.2) is 0 Å². The van der Waals surface area contributed by atoms with Gasteiger partial charge in [0.05, 0.1) is 31.5 Å². The summed E-state index contributed by atoms with van der Waals surface area (Å²) in [4.78, 5) is 0. The van der Waals surface area contributed by atoms with E-state index in [9.17, 15) is 5.11 Å². The quantitative estimate of drug-likeness (QED) is 0.537. The number of fused-ring (bicyclic) bond motifs is 3. The molecule has 0 saturated heterocycles. The standard InChI is InChI=1S/C24H28N2O4.ClH/c1-4-28-21-12-16(9-10-20(21)27)24-18-8-7-11-26(18)19-14-23(30-6-3)22(29-5-2)13-17(19)15-25-24;/h7-14,24-25,27H,4-6,15H2,1-3H3;1H. The van der Waals surface area contributed by atoms with E-state index in [1.165, 1.54) is 0 Å². The van der Waals surface area contributed by atoms with E-state index in [2.05, 4.69) is 34.3 Å². The maximum Gasteiger partial charge on any atom is 0.163 e. The molecule has 4 rings (SSSR count). The lowest BCUT2D eigenvalue weighted by molar-refractivity contribution is 0.287. The first-order valence-corrected chi connectivity index (χ1v) is 10.4. The van der Waals surface area contributed by atoms with Crippen LogP contribution in [-0.2, 0) is 6.54 Å². The predicted molar refractivity (Wildman–Crippen MR) is 123 cm³/mol. The molecule has 3 aromatic rings. The maximum absolute atomic E-state index is 10.1. The molecule has 6 nitrogen and oxygen atoms in total. The Morgan fingerprint density at radius 3 is 2.32 bits per heavy atom. The molecule has 7 heteroatoms. The largest absolute Gasteiger partial charge is 0.504 e. The van der Waals surface area contributed by atoms with Gasteiger partial charge >= 0.3 is 0 Å². The molecule has 1 unspecified atom stereocenters. The second-order valence-electron chi connectivity index (χ2n) is 7.07. The zero-order valence-corrected chi connectivity index (χ0v) is 18.9. The monoisotopic (exact) mass is 444 g/mol. The summed E-state index contributed by atoms with van der Waals surface area (Å²) in [6.45, 7) is 8.17. The third kappa shape index (κ3) is 4.45. The molecule has 0 amide bonds. The number of phenolic OH excluding ortho intramolecular Hbond substituents is 1. The molecule has 2 N–H and O–H groups in total. The van der Waals surface area contributed by atoms with Crippen LogP contribution in [0.4, 0.5) is 0 Å². The summed E-state index contributed by atoms with van der Waals surface area (Å²) in [6.07, 6.45) is 2.06. The summed E-state index contributed by atoms with van der Waals surface area (Å²) in [5.74, 6) is 2.15. The van der Waals surface area contributed by atoms with Gasteiger partial charge in [0.1, 0.15) is 0 Å². The number of nitrogens with zero attached hydrogens (tertiary/aromatic N) is 1. The Hall–Kier alpha value is -2.83. The molecule has 0 aliphatic carbocycles. The van der Waals surface area contributed by atoms with Crippen LogP contribution in [0.5, 0.6) is 23.0 Å². The van der Waals surface area contributed by atoms with E-state index in [0.29, 0.717) is 32.1 Å². The number of nitrogens with one attached hydrogen (secondary N) is 1. The number of benzene rings is 2. The Morgan fingerprint density at radius 2 is 1.61 bits per heavy atom. The molecular weight excluding hydrogens is 416 g/mol. The second kappa shape index (κ2) is 9.98. The van der Waals surface area contributed by atoms with Crippen molar-refractivity contribution < 1.29 is 19.3 Å². The topological polar surface area (TPSA) is 64.9 Å². The molecule has 1 aromatic heterocycles. The number of hydrogen-bond donors (Lipinski definition) is 2. The fourth-order valence-corrected chi connectivity index (χ4v) is 3.93. The molecule has 0 saturated carbocycles. The summed E-state index contributed by atoms with van der Waals surface area (Å²) in [7, 11) is 0. The van der Waals surface area contributed by atoms with Crippen LogP contribution in [0.25, 0.3) is 5.69 Å². The highest BCUT2D eigenvalue weighted by Crippen LogP contribution is 2.38. The molecule has 166 valence electrons. The zero-order valence-electron chi connectivity index (χ0n) is 18.1. The lowest BCUT2D eigenvalue weighted by Gasteiger charge is -2.19. The van der Waals surface area contributed by atoms with Crippen LogP contribution in [0.15, 0.2) is 48.7 Å². The third-order valence-electron chi connectivity index (χ3n) is 5.19. The van der Waals surface area contributed by atoms with E-state index in [1.807, 2.05) is 39.0 Å². The minimum Gasteiger partial charge on any atom is -0.504 e. The van der Waals surface area contributed by atoms with Gasteiger partial charge in [0, 0.05) is 24.5 Å². The molecular formula is C24H29ClN2O4. The molecule has 31 heavy (non-hydrogen) atoms. The van der Waals surface area contributed by atoms with Gasteiger partial charge in [-0.05, 0) is 62.2 Å². The van der Waals surface area contributed by atoms with Crippen molar-refractivity contribution in [2.45, 2.75) is 33.4 Å².